The molecule has 21 heavy (non-hydrogen) atoms. The lowest BCUT2D eigenvalue weighted by molar-refractivity contribution is 0.0992. The van der Waals surface area contributed by atoms with E-state index in [0.717, 1.165) is 30.8 Å². The summed E-state index contributed by atoms with van der Waals surface area (Å²) in [5.74, 6) is -0.0622. The lowest BCUT2D eigenvalue weighted by Crippen LogP contribution is -2.26. The quantitative estimate of drug-likeness (QED) is 0.824. The van der Waals surface area contributed by atoms with Gasteiger partial charge in [-0.1, -0.05) is 31.5 Å². The van der Waals surface area contributed by atoms with Crippen LogP contribution in [0.15, 0.2) is 48.8 Å². The first-order valence-corrected chi connectivity index (χ1v) is 7.24. The highest BCUT2D eigenvalue weighted by molar-refractivity contribution is 6.05. The van der Waals surface area contributed by atoms with Gasteiger partial charge < -0.3 is 10.2 Å². The van der Waals surface area contributed by atoms with Crippen LogP contribution in [-0.4, -0.2) is 24.5 Å². The Morgan fingerprint density at radius 1 is 1.24 bits per heavy atom. The molecule has 1 heterocycles. The van der Waals surface area contributed by atoms with Crippen molar-refractivity contribution in [2.75, 3.05) is 23.8 Å². The number of para-hydroxylation sites is 1. The predicted molar refractivity (Wildman–Crippen MR) is 86.8 cm³/mol. The van der Waals surface area contributed by atoms with Gasteiger partial charge in [0.1, 0.15) is 0 Å². The Bertz CT molecular complexity index is 584. The van der Waals surface area contributed by atoms with Gasteiger partial charge in [-0.25, -0.2) is 0 Å². The molecular formula is C17H21N3O. The Balaban J connectivity index is 2.10. The highest BCUT2D eigenvalue weighted by Gasteiger charge is 2.13. The maximum atomic E-state index is 12.5. The van der Waals surface area contributed by atoms with Gasteiger partial charge in [0.2, 0.25) is 0 Å². The zero-order chi connectivity index (χ0) is 15.1. The van der Waals surface area contributed by atoms with Gasteiger partial charge in [0.25, 0.3) is 5.91 Å². The van der Waals surface area contributed by atoms with Crippen molar-refractivity contribution in [1.29, 1.82) is 0 Å². The van der Waals surface area contributed by atoms with Crippen LogP contribution in [0.2, 0.25) is 0 Å². The minimum absolute atomic E-state index is 0.0622. The van der Waals surface area contributed by atoms with E-state index in [1.54, 1.807) is 24.3 Å². The molecule has 1 N–H and O–H groups in total. The molecule has 2 rings (SSSR count). The molecule has 2 aromatic rings. The van der Waals surface area contributed by atoms with Crippen molar-refractivity contribution in [3.8, 4) is 0 Å². The van der Waals surface area contributed by atoms with Gasteiger partial charge in [-0.05, 0) is 24.6 Å². The Morgan fingerprint density at radius 3 is 2.71 bits per heavy atom. The number of pyridine rings is 1. The van der Waals surface area contributed by atoms with Gasteiger partial charge in [-0.15, -0.1) is 0 Å². The zero-order valence-corrected chi connectivity index (χ0v) is 12.5. The molecule has 4 nitrogen and oxygen atoms in total. The minimum atomic E-state index is -0.0622. The normalized spacial score (nSPS) is 10.2. The average molecular weight is 283 g/mol. The number of nitrogens with one attached hydrogen (secondary N) is 1. The molecule has 0 aliphatic heterocycles. The van der Waals surface area contributed by atoms with Crippen molar-refractivity contribution < 1.29 is 4.79 Å². The summed E-state index contributed by atoms with van der Waals surface area (Å²) in [4.78, 5) is 18.3. The number of benzene rings is 1. The first kappa shape index (κ1) is 15.0. The molecule has 4 heteroatoms. The van der Waals surface area contributed by atoms with Crippen LogP contribution in [0.25, 0.3) is 0 Å². The lowest BCUT2D eigenvalue weighted by atomic mass is 10.2. The number of aromatic nitrogens is 1. The topological polar surface area (TPSA) is 45.2 Å². The number of amides is 1. The molecule has 0 spiro atoms. The average Bonchev–Trinajstić information content (AvgIpc) is 2.55. The molecule has 0 fully saturated rings. The highest BCUT2D eigenvalue weighted by atomic mass is 16.2. The maximum absolute atomic E-state index is 12.5. The van der Waals surface area contributed by atoms with Crippen LogP contribution in [0, 0.1) is 0 Å². The van der Waals surface area contributed by atoms with Gasteiger partial charge in [0.15, 0.2) is 0 Å². The molecule has 0 bridgehead atoms. The maximum Gasteiger partial charge on any atom is 0.259 e. The molecule has 0 radical (unpaired) electrons. The molecule has 110 valence electrons. The SMILES string of the molecule is CCCCNc1cncc(C(=O)N(C)c2ccccc2)c1. The summed E-state index contributed by atoms with van der Waals surface area (Å²) in [7, 11) is 1.77. The second kappa shape index (κ2) is 7.43. The molecule has 0 aliphatic carbocycles. The van der Waals surface area contributed by atoms with Crippen LogP contribution < -0.4 is 10.2 Å². The molecule has 0 saturated carbocycles. The number of rotatable bonds is 6. The molecule has 0 atom stereocenters. The molecule has 1 aromatic heterocycles. The molecule has 0 saturated heterocycles. The molecule has 1 amide bonds. The Hall–Kier alpha value is -2.36. The Morgan fingerprint density at radius 2 is 2.00 bits per heavy atom. The van der Waals surface area contributed by atoms with Crippen LogP contribution in [0.1, 0.15) is 30.1 Å². The van der Waals surface area contributed by atoms with E-state index >= 15 is 0 Å². The van der Waals surface area contributed by atoms with Crippen molar-refractivity contribution in [1.82, 2.24) is 4.98 Å². The second-order valence-electron chi connectivity index (χ2n) is 4.94. The summed E-state index contributed by atoms with van der Waals surface area (Å²) in [6.07, 6.45) is 5.58. The van der Waals surface area contributed by atoms with E-state index in [0.29, 0.717) is 5.56 Å². The number of anilines is 2. The molecular weight excluding hydrogens is 262 g/mol. The molecule has 0 unspecified atom stereocenters. The second-order valence-corrected chi connectivity index (χ2v) is 4.94. The minimum Gasteiger partial charge on any atom is -0.384 e. The van der Waals surface area contributed by atoms with Crippen LogP contribution in [0.4, 0.5) is 11.4 Å². The number of carbonyl (C=O) groups excluding carboxylic acids is 1. The van der Waals surface area contributed by atoms with Crippen molar-refractivity contribution in [3.63, 3.8) is 0 Å². The summed E-state index contributed by atoms with van der Waals surface area (Å²) >= 11 is 0. The van der Waals surface area contributed by atoms with Crippen LogP contribution in [0.3, 0.4) is 0 Å². The molecule has 0 aliphatic rings. The summed E-state index contributed by atoms with van der Waals surface area (Å²) in [6, 6.07) is 11.4. The van der Waals surface area contributed by atoms with E-state index in [9.17, 15) is 4.79 Å². The fourth-order valence-electron chi connectivity index (χ4n) is 2.03. The monoisotopic (exact) mass is 283 g/mol. The van der Waals surface area contributed by atoms with Crippen LogP contribution in [0.5, 0.6) is 0 Å². The van der Waals surface area contributed by atoms with Crippen LogP contribution >= 0.6 is 0 Å². The summed E-state index contributed by atoms with van der Waals surface area (Å²) in [5.41, 5.74) is 2.34. The third-order valence-corrected chi connectivity index (χ3v) is 3.29. The van der Waals surface area contributed by atoms with E-state index < -0.39 is 0 Å². The predicted octanol–water partition coefficient (Wildman–Crippen LogP) is 3.57. The first-order chi connectivity index (χ1) is 10.2. The highest BCUT2D eigenvalue weighted by Crippen LogP contribution is 2.16. The summed E-state index contributed by atoms with van der Waals surface area (Å²) in [6.45, 7) is 3.04. The van der Waals surface area contributed by atoms with E-state index in [1.807, 2.05) is 36.4 Å². The fourth-order valence-corrected chi connectivity index (χ4v) is 2.03. The first-order valence-electron chi connectivity index (χ1n) is 7.24. The third kappa shape index (κ3) is 4.05. The van der Waals surface area contributed by atoms with E-state index in [4.69, 9.17) is 0 Å². The van der Waals surface area contributed by atoms with Gasteiger partial charge in [0.05, 0.1) is 11.3 Å². The number of hydrogen-bond acceptors (Lipinski definition) is 3. The van der Waals surface area contributed by atoms with Gasteiger partial charge >= 0.3 is 0 Å². The van der Waals surface area contributed by atoms with E-state index in [1.165, 1.54) is 0 Å². The van der Waals surface area contributed by atoms with E-state index in [-0.39, 0.29) is 5.91 Å². The van der Waals surface area contributed by atoms with Crippen LogP contribution in [-0.2, 0) is 0 Å². The largest absolute Gasteiger partial charge is 0.384 e. The van der Waals surface area contributed by atoms with E-state index in [2.05, 4.69) is 17.2 Å². The fraction of sp³-hybridized carbons (Fsp3) is 0.294. The summed E-state index contributed by atoms with van der Waals surface area (Å²) < 4.78 is 0. The van der Waals surface area contributed by atoms with Gasteiger partial charge in [0, 0.05) is 31.7 Å². The number of hydrogen-bond donors (Lipinski definition) is 1. The number of carbonyl (C=O) groups is 1. The molecule has 1 aromatic carbocycles. The number of nitrogens with zero attached hydrogens (tertiary/aromatic N) is 2. The lowest BCUT2D eigenvalue weighted by Gasteiger charge is -2.17. The summed E-state index contributed by atoms with van der Waals surface area (Å²) in [5, 5.41) is 3.29. The van der Waals surface area contributed by atoms with Gasteiger partial charge in [-0.3, -0.25) is 9.78 Å². The van der Waals surface area contributed by atoms with Crippen molar-refractivity contribution in [2.24, 2.45) is 0 Å². The number of unbranched alkanes of at least 4 members (excludes halogenated alkanes) is 1. The standard InChI is InChI=1S/C17H21N3O/c1-3-4-10-19-15-11-14(12-18-13-15)17(21)20(2)16-8-6-5-7-9-16/h5-9,11-13,19H,3-4,10H2,1-2H3. The van der Waals surface area contributed by atoms with Crippen molar-refractivity contribution in [2.45, 2.75) is 19.8 Å². The van der Waals surface area contributed by atoms with Gasteiger partial charge in [-0.2, -0.15) is 0 Å². The Labute approximate surface area is 125 Å². The van der Waals surface area contributed by atoms with Crippen molar-refractivity contribution in [3.05, 3.63) is 54.4 Å². The smallest absolute Gasteiger partial charge is 0.259 e. The Kier molecular flexibility index (Phi) is 5.32. The zero-order valence-electron chi connectivity index (χ0n) is 12.5. The van der Waals surface area contributed by atoms with Crippen molar-refractivity contribution >= 4 is 17.3 Å². The third-order valence-electron chi connectivity index (χ3n) is 3.29.